The number of amides is 1. The predicted molar refractivity (Wildman–Crippen MR) is 72.3 cm³/mol. The number of carbonyl (C=O) groups is 1. The number of hydrogen-bond donors (Lipinski definition) is 0. The molecule has 0 bridgehead atoms. The summed E-state index contributed by atoms with van der Waals surface area (Å²) in [5.41, 5.74) is 0. The molecule has 1 saturated heterocycles. The Labute approximate surface area is 113 Å². The van der Waals surface area contributed by atoms with E-state index in [2.05, 4.69) is 14.9 Å². The van der Waals surface area contributed by atoms with Crippen molar-refractivity contribution in [1.29, 1.82) is 0 Å². The number of hydrogen-bond acceptors (Lipinski definition) is 5. The zero-order valence-corrected chi connectivity index (χ0v) is 11.7. The second kappa shape index (κ2) is 5.86. The summed E-state index contributed by atoms with van der Waals surface area (Å²) in [4.78, 5) is 23.9. The van der Waals surface area contributed by atoms with Gasteiger partial charge in [0.1, 0.15) is 0 Å². The van der Waals surface area contributed by atoms with Gasteiger partial charge < -0.3 is 14.5 Å². The first-order valence-corrected chi connectivity index (χ1v) is 6.47. The molecule has 1 fully saturated rings. The Bertz CT molecular complexity index is 444. The van der Waals surface area contributed by atoms with E-state index in [0.29, 0.717) is 17.9 Å². The van der Waals surface area contributed by atoms with Gasteiger partial charge in [-0.25, -0.2) is 4.98 Å². The van der Waals surface area contributed by atoms with Gasteiger partial charge >= 0.3 is 0 Å². The average Bonchev–Trinajstić information content (AvgIpc) is 2.46. The van der Waals surface area contributed by atoms with Crippen molar-refractivity contribution in [3.8, 4) is 5.88 Å². The molecule has 19 heavy (non-hydrogen) atoms. The summed E-state index contributed by atoms with van der Waals surface area (Å²) in [5.74, 6) is 1.40. The van der Waals surface area contributed by atoms with Gasteiger partial charge in [0.25, 0.3) is 0 Å². The van der Waals surface area contributed by atoms with Crippen molar-refractivity contribution in [1.82, 2.24) is 14.9 Å². The van der Waals surface area contributed by atoms with Crippen LogP contribution >= 0.6 is 0 Å². The Morgan fingerprint density at radius 2 is 2.16 bits per heavy atom. The first-order valence-electron chi connectivity index (χ1n) is 6.47. The lowest BCUT2D eigenvalue weighted by Gasteiger charge is -2.36. The molecule has 6 nitrogen and oxygen atoms in total. The van der Waals surface area contributed by atoms with Crippen molar-refractivity contribution in [2.75, 3.05) is 32.1 Å². The maximum absolute atomic E-state index is 11.3. The van der Waals surface area contributed by atoms with Crippen molar-refractivity contribution in [2.45, 2.75) is 25.8 Å². The molecule has 0 saturated carbocycles. The van der Waals surface area contributed by atoms with Crippen LogP contribution < -0.4 is 9.64 Å². The first kappa shape index (κ1) is 13.6. The zero-order chi connectivity index (χ0) is 13.8. The monoisotopic (exact) mass is 264 g/mol. The smallest absolute Gasteiger partial charge is 0.228 e. The number of piperidine rings is 1. The minimum Gasteiger partial charge on any atom is -0.481 e. The summed E-state index contributed by atoms with van der Waals surface area (Å²) in [5, 5.41) is 0. The Morgan fingerprint density at radius 3 is 2.74 bits per heavy atom. The first-order chi connectivity index (χ1) is 9.11. The van der Waals surface area contributed by atoms with Gasteiger partial charge in [-0.05, 0) is 12.8 Å². The molecule has 1 amide bonds. The Morgan fingerprint density at radius 1 is 1.47 bits per heavy atom. The Kier molecular flexibility index (Phi) is 4.19. The molecule has 1 aromatic rings. The van der Waals surface area contributed by atoms with Crippen LogP contribution in [0.15, 0.2) is 12.3 Å². The molecule has 0 atom stereocenters. The molecule has 104 valence electrons. The fourth-order valence-electron chi connectivity index (χ4n) is 2.31. The maximum Gasteiger partial charge on any atom is 0.228 e. The van der Waals surface area contributed by atoms with E-state index >= 15 is 0 Å². The van der Waals surface area contributed by atoms with Crippen LogP contribution in [0.2, 0.25) is 0 Å². The third kappa shape index (κ3) is 3.13. The van der Waals surface area contributed by atoms with Crippen LogP contribution in [0.4, 0.5) is 5.95 Å². The minimum absolute atomic E-state index is 0.121. The van der Waals surface area contributed by atoms with E-state index in [1.165, 1.54) is 0 Å². The van der Waals surface area contributed by atoms with Gasteiger partial charge in [0, 0.05) is 45.4 Å². The highest BCUT2D eigenvalue weighted by Crippen LogP contribution is 2.20. The average molecular weight is 264 g/mol. The highest BCUT2D eigenvalue weighted by molar-refractivity contribution is 5.73. The number of methoxy groups -OCH3 is 1. The quantitative estimate of drug-likeness (QED) is 0.813. The molecule has 2 rings (SSSR count). The van der Waals surface area contributed by atoms with Crippen molar-refractivity contribution >= 4 is 11.9 Å². The summed E-state index contributed by atoms with van der Waals surface area (Å²) >= 11 is 0. The van der Waals surface area contributed by atoms with Crippen LogP contribution in [0, 0.1) is 0 Å². The maximum atomic E-state index is 11.3. The van der Waals surface area contributed by atoms with E-state index < -0.39 is 0 Å². The summed E-state index contributed by atoms with van der Waals surface area (Å²) < 4.78 is 5.11. The highest BCUT2D eigenvalue weighted by atomic mass is 16.5. The van der Waals surface area contributed by atoms with Crippen LogP contribution in [0.3, 0.4) is 0 Å². The van der Waals surface area contributed by atoms with E-state index in [4.69, 9.17) is 4.74 Å². The van der Waals surface area contributed by atoms with Crippen molar-refractivity contribution in [3.63, 3.8) is 0 Å². The molecular formula is C13H20N4O2. The van der Waals surface area contributed by atoms with Gasteiger partial charge in [-0.2, -0.15) is 4.98 Å². The molecule has 6 heteroatoms. The lowest BCUT2D eigenvalue weighted by atomic mass is 10.0. The Balaban J connectivity index is 1.97. The fourth-order valence-corrected chi connectivity index (χ4v) is 2.31. The molecule has 2 heterocycles. The molecule has 0 radical (unpaired) electrons. The van der Waals surface area contributed by atoms with Gasteiger partial charge in [0.2, 0.25) is 17.7 Å². The van der Waals surface area contributed by atoms with E-state index in [0.717, 1.165) is 25.9 Å². The van der Waals surface area contributed by atoms with E-state index in [1.807, 2.05) is 11.9 Å². The van der Waals surface area contributed by atoms with E-state index in [9.17, 15) is 4.79 Å². The molecule has 0 spiro atoms. The van der Waals surface area contributed by atoms with Crippen LogP contribution in [0.1, 0.15) is 19.8 Å². The second-order valence-electron chi connectivity index (χ2n) is 4.75. The minimum atomic E-state index is 0.121. The molecule has 0 N–H and O–H groups in total. The lowest BCUT2D eigenvalue weighted by molar-refractivity contribution is -0.129. The van der Waals surface area contributed by atoms with Gasteiger partial charge in [0.05, 0.1) is 7.11 Å². The number of anilines is 1. The second-order valence-corrected chi connectivity index (χ2v) is 4.75. The molecular weight excluding hydrogens is 244 g/mol. The molecule has 1 aliphatic heterocycles. The van der Waals surface area contributed by atoms with Gasteiger partial charge in [-0.3, -0.25) is 4.79 Å². The van der Waals surface area contributed by atoms with Gasteiger partial charge in [0.15, 0.2) is 0 Å². The molecule has 0 aromatic carbocycles. The van der Waals surface area contributed by atoms with Gasteiger partial charge in [-0.15, -0.1) is 0 Å². The number of carbonyl (C=O) groups excluding carboxylic acids is 1. The molecule has 1 aliphatic rings. The summed E-state index contributed by atoms with van der Waals surface area (Å²) in [6.45, 7) is 3.32. The summed E-state index contributed by atoms with van der Waals surface area (Å²) in [6, 6.07) is 2.05. The third-order valence-corrected chi connectivity index (χ3v) is 3.62. The number of aromatic nitrogens is 2. The molecule has 0 aliphatic carbocycles. The van der Waals surface area contributed by atoms with E-state index in [-0.39, 0.29) is 5.91 Å². The van der Waals surface area contributed by atoms with E-state index in [1.54, 1.807) is 26.3 Å². The zero-order valence-electron chi connectivity index (χ0n) is 11.7. The van der Waals surface area contributed by atoms with Crippen LogP contribution in [-0.4, -0.2) is 54.1 Å². The van der Waals surface area contributed by atoms with Crippen molar-refractivity contribution in [2.24, 2.45) is 0 Å². The van der Waals surface area contributed by atoms with Crippen molar-refractivity contribution in [3.05, 3.63) is 12.3 Å². The molecule has 1 aromatic heterocycles. The van der Waals surface area contributed by atoms with Gasteiger partial charge in [-0.1, -0.05) is 0 Å². The summed E-state index contributed by atoms with van der Waals surface area (Å²) in [6.07, 6.45) is 3.59. The number of rotatable bonds is 3. The van der Waals surface area contributed by atoms with Crippen LogP contribution in [0.5, 0.6) is 5.88 Å². The highest BCUT2D eigenvalue weighted by Gasteiger charge is 2.25. The van der Waals surface area contributed by atoms with Crippen LogP contribution in [0.25, 0.3) is 0 Å². The lowest BCUT2D eigenvalue weighted by Crippen LogP contribution is -2.45. The largest absolute Gasteiger partial charge is 0.481 e. The number of ether oxygens (including phenoxy) is 1. The summed E-state index contributed by atoms with van der Waals surface area (Å²) in [7, 11) is 3.46. The van der Waals surface area contributed by atoms with Crippen LogP contribution in [-0.2, 0) is 4.79 Å². The topological polar surface area (TPSA) is 58.6 Å². The van der Waals surface area contributed by atoms with Crippen molar-refractivity contribution < 1.29 is 9.53 Å². The Hall–Kier alpha value is -1.85. The standard InChI is InChI=1S/C13H20N4O2/c1-10(18)16(2)11-5-8-17(9-6-11)13-14-7-4-12(15-13)19-3/h4,7,11H,5-6,8-9H2,1-3H3. The normalized spacial score (nSPS) is 16.3. The fraction of sp³-hybridized carbons (Fsp3) is 0.615. The number of nitrogens with zero attached hydrogens (tertiary/aromatic N) is 4. The molecule has 0 unspecified atom stereocenters. The SMILES string of the molecule is COc1ccnc(N2CCC(N(C)C(C)=O)CC2)n1. The third-order valence-electron chi connectivity index (χ3n) is 3.62. The predicted octanol–water partition coefficient (Wildman–Crippen LogP) is 0.932.